The van der Waals surface area contributed by atoms with E-state index in [9.17, 15) is 5.11 Å². The fourth-order valence-electron chi connectivity index (χ4n) is 5.87. The Balaban J connectivity index is 1.34. The highest BCUT2D eigenvalue weighted by molar-refractivity contribution is 5.86. The number of ether oxygens (including phenoxy) is 1. The summed E-state index contributed by atoms with van der Waals surface area (Å²) in [4.78, 5) is 18.7. The number of nitrogen functional groups attached to an aromatic ring is 1. The Morgan fingerprint density at radius 2 is 1.97 bits per heavy atom. The summed E-state index contributed by atoms with van der Waals surface area (Å²) in [6.45, 7) is 7.30. The predicted molar refractivity (Wildman–Crippen MR) is 148 cm³/mol. The molecule has 0 bridgehead atoms. The average molecular weight is 524 g/mol. The Bertz CT molecular complexity index is 1210. The van der Waals surface area contributed by atoms with Gasteiger partial charge in [-0.3, -0.25) is 14.6 Å². The number of hydrogen-bond acceptors (Lipinski definition) is 10. The third kappa shape index (κ3) is 5.69. The molecule has 0 aliphatic carbocycles. The largest absolute Gasteiger partial charge is 0.495 e. The van der Waals surface area contributed by atoms with Crippen LogP contribution in [0.2, 0.25) is 0 Å². The fourth-order valence-corrected chi connectivity index (χ4v) is 5.87. The van der Waals surface area contributed by atoms with Crippen LogP contribution >= 0.6 is 0 Å². The van der Waals surface area contributed by atoms with E-state index in [0.29, 0.717) is 30.2 Å². The maximum absolute atomic E-state index is 9.51. The number of nitrogens with one attached hydrogen (secondary N) is 1. The van der Waals surface area contributed by atoms with Crippen molar-refractivity contribution in [3.63, 3.8) is 0 Å². The standard InChI is InChI=1S/C27H41N9O2/c1-4-5-20(8-11-37)31-26-25-22(32-27(28)33-26)14-30-36(25)17-23-24(38-3)12-19(13-29-23)18-6-9-35(10-7-18)21-15-34(2)16-21/h12-14,18,20-21,37H,4-11,15-17H2,1-3H3,(H3,28,31,32,33). The Hall–Kier alpha value is -3.02. The molecule has 206 valence electrons. The van der Waals surface area contributed by atoms with E-state index < -0.39 is 0 Å². The molecule has 2 saturated heterocycles. The first kappa shape index (κ1) is 26.6. The molecular formula is C27H41N9O2. The lowest BCUT2D eigenvalue weighted by atomic mass is 9.89. The molecule has 0 radical (unpaired) electrons. The molecule has 5 rings (SSSR count). The van der Waals surface area contributed by atoms with Crippen molar-refractivity contribution in [2.24, 2.45) is 0 Å². The van der Waals surface area contributed by atoms with Crippen molar-refractivity contribution < 1.29 is 9.84 Å². The van der Waals surface area contributed by atoms with E-state index in [1.807, 2.05) is 10.9 Å². The van der Waals surface area contributed by atoms with Crippen LogP contribution in [-0.2, 0) is 6.54 Å². The van der Waals surface area contributed by atoms with E-state index in [0.717, 1.165) is 61.8 Å². The Labute approximate surface area is 224 Å². The number of hydrogen-bond donors (Lipinski definition) is 3. The molecule has 0 amide bonds. The third-order valence-corrected chi connectivity index (χ3v) is 7.99. The van der Waals surface area contributed by atoms with Crippen molar-refractivity contribution in [2.45, 2.75) is 63.6 Å². The zero-order valence-electron chi connectivity index (χ0n) is 22.8. The van der Waals surface area contributed by atoms with Gasteiger partial charge in [-0.2, -0.15) is 10.1 Å². The summed E-state index contributed by atoms with van der Waals surface area (Å²) in [5.74, 6) is 2.08. The smallest absolute Gasteiger partial charge is 0.222 e. The maximum Gasteiger partial charge on any atom is 0.222 e. The number of fused-ring (bicyclic) bond motifs is 1. The van der Waals surface area contributed by atoms with Crippen molar-refractivity contribution in [1.29, 1.82) is 0 Å². The molecule has 1 atom stereocenters. The second-order valence-corrected chi connectivity index (χ2v) is 10.7. The van der Waals surface area contributed by atoms with Crippen LogP contribution in [0.3, 0.4) is 0 Å². The molecule has 11 heteroatoms. The van der Waals surface area contributed by atoms with E-state index in [2.05, 4.69) is 50.2 Å². The number of aliphatic hydroxyl groups is 1. The number of nitrogens with two attached hydrogens (primary N) is 1. The van der Waals surface area contributed by atoms with Gasteiger partial charge in [0.05, 0.1) is 19.9 Å². The minimum atomic E-state index is 0.0782. The first-order chi connectivity index (χ1) is 18.5. The highest BCUT2D eigenvalue weighted by Gasteiger charge is 2.32. The summed E-state index contributed by atoms with van der Waals surface area (Å²) >= 11 is 0. The molecule has 38 heavy (non-hydrogen) atoms. The number of nitrogens with zero attached hydrogens (tertiary/aromatic N) is 7. The van der Waals surface area contributed by atoms with Crippen LogP contribution in [0, 0.1) is 0 Å². The lowest BCUT2D eigenvalue weighted by Gasteiger charge is -2.46. The Morgan fingerprint density at radius 3 is 2.66 bits per heavy atom. The molecule has 11 nitrogen and oxygen atoms in total. The van der Waals surface area contributed by atoms with E-state index in [1.165, 1.54) is 18.7 Å². The van der Waals surface area contributed by atoms with E-state index in [4.69, 9.17) is 15.5 Å². The number of likely N-dealkylation sites (tertiary alicyclic amines) is 2. The van der Waals surface area contributed by atoms with Gasteiger partial charge < -0.3 is 25.8 Å². The molecule has 1 unspecified atom stereocenters. The lowest BCUT2D eigenvalue weighted by Crippen LogP contribution is -2.59. The molecule has 5 heterocycles. The van der Waals surface area contributed by atoms with Gasteiger partial charge in [-0.1, -0.05) is 13.3 Å². The van der Waals surface area contributed by atoms with E-state index >= 15 is 0 Å². The number of aromatic nitrogens is 5. The number of piperidine rings is 1. The molecule has 4 N–H and O–H groups in total. The highest BCUT2D eigenvalue weighted by atomic mass is 16.5. The SMILES string of the molecule is CCCC(CCO)Nc1nc(N)nc2cnn(Cc3ncc(C4CCN(C5CN(C)C5)CC4)cc3OC)c12. The Kier molecular flexibility index (Phi) is 8.25. The topological polar surface area (TPSA) is 130 Å². The van der Waals surface area contributed by atoms with Crippen molar-refractivity contribution in [3.05, 3.63) is 29.7 Å². The molecule has 0 aromatic carbocycles. The number of methoxy groups -OCH3 is 1. The number of rotatable bonds is 11. The quantitative estimate of drug-likeness (QED) is 0.344. The summed E-state index contributed by atoms with van der Waals surface area (Å²) in [7, 11) is 3.89. The summed E-state index contributed by atoms with van der Waals surface area (Å²) in [5.41, 5.74) is 9.48. The van der Waals surface area contributed by atoms with Gasteiger partial charge in [0.15, 0.2) is 5.82 Å². The molecule has 3 aromatic heterocycles. The molecule has 0 spiro atoms. The van der Waals surface area contributed by atoms with Crippen LogP contribution in [0.4, 0.5) is 11.8 Å². The summed E-state index contributed by atoms with van der Waals surface area (Å²) in [6, 6.07) is 2.95. The van der Waals surface area contributed by atoms with Gasteiger partial charge in [-0.25, -0.2) is 4.98 Å². The van der Waals surface area contributed by atoms with Gasteiger partial charge in [-0.05, 0) is 63.4 Å². The number of aliphatic hydroxyl groups excluding tert-OH is 1. The summed E-state index contributed by atoms with van der Waals surface area (Å²) in [6.07, 6.45) is 8.53. The monoisotopic (exact) mass is 523 g/mol. The van der Waals surface area contributed by atoms with Crippen molar-refractivity contribution in [2.75, 3.05) is 58.0 Å². The average Bonchev–Trinajstić information content (AvgIpc) is 3.30. The van der Waals surface area contributed by atoms with Gasteiger partial charge >= 0.3 is 0 Å². The number of likely N-dealkylation sites (N-methyl/N-ethyl adjacent to an activating group) is 1. The van der Waals surface area contributed by atoms with Crippen LogP contribution < -0.4 is 15.8 Å². The first-order valence-corrected chi connectivity index (χ1v) is 13.8. The zero-order chi connectivity index (χ0) is 26.6. The third-order valence-electron chi connectivity index (χ3n) is 7.99. The molecule has 2 fully saturated rings. The van der Waals surface area contributed by atoms with Crippen LogP contribution in [0.1, 0.15) is 56.2 Å². The van der Waals surface area contributed by atoms with Gasteiger partial charge in [-0.15, -0.1) is 0 Å². The molecule has 2 aliphatic rings. The van der Waals surface area contributed by atoms with E-state index in [-0.39, 0.29) is 18.6 Å². The highest BCUT2D eigenvalue weighted by Crippen LogP contribution is 2.33. The normalized spacial score (nSPS) is 18.5. The van der Waals surface area contributed by atoms with Gasteiger partial charge in [0.25, 0.3) is 0 Å². The first-order valence-electron chi connectivity index (χ1n) is 13.8. The molecular weight excluding hydrogens is 482 g/mol. The van der Waals surface area contributed by atoms with Crippen molar-refractivity contribution >= 4 is 22.8 Å². The minimum absolute atomic E-state index is 0.0782. The molecule has 2 aliphatic heterocycles. The predicted octanol–water partition coefficient (Wildman–Crippen LogP) is 2.32. The summed E-state index contributed by atoms with van der Waals surface area (Å²) < 4.78 is 7.64. The second kappa shape index (κ2) is 11.8. The van der Waals surface area contributed by atoms with E-state index in [1.54, 1.807) is 13.3 Å². The van der Waals surface area contributed by atoms with Gasteiger partial charge in [0.2, 0.25) is 5.95 Å². The van der Waals surface area contributed by atoms with Crippen LogP contribution in [0.15, 0.2) is 18.5 Å². The number of anilines is 2. The van der Waals surface area contributed by atoms with Crippen LogP contribution in [-0.4, -0.2) is 98.7 Å². The summed E-state index contributed by atoms with van der Waals surface area (Å²) in [5, 5.41) is 17.6. The minimum Gasteiger partial charge on any atom is -0.495 e. The Morgan fingerprint density at radius 1 is 1.18 bits per heavy atom. The second-order valence-electron chi connectivity index (χ2n) is 10.7. The maximum atomic E-state index is 9.51. The van der Waals surface area contributed by atoms with Crippen LogP contribution in [0.5, 0.6) is 5.75 Å². The van der Waals surface area contributed by atoms with Crippen molar-refractivity contribution in [1.82, 2.24) is 34.5 Å². The lowest BCUT2D eigenvalue weighted by molar-refractivity contribution is 0.0362. The zero-order valence-corrected chi connectivity index (χ0v) is 22.8. The van der Waals surface area contributed by atoms with Crippen LogP contribution in [0.25, 0.3) is 11.0 Å². The molecule has 3 aromatic rings. The van der Waals surface area contributed by atoms with Gasteiger partial charge in [0.1, 0.15) is 22.5 Å². The van der Waals surface area contributed by atoms with Crippen molar-refractivity contribution in [3.8, 4) is 5.75 Å². The van der Waals surface area contributed by atoms with Gasteiger partial charge in [0, 0.05) is 38.0 Å². The number of pyridine rings is 1. The molecule has 0 saturated carbocycles. The fraction of sp³-hybridized carbons (Fsp3) is 0.630.